The van der Waals surface area contributed by atoms with Crippen LogP contribution in [0.25, 0.3) is 0 Å². The Kier molecular flexibility index (Phi) is 7.65. The standard InChI is InChI=1S/C32H25FN2O5/c1-2-37-24-7-4-6-22(16-24)32(36)39-26-13-14-27-29(17-26)40-31(35)28(18-34)30(27)21-5-3-8-25(15-21)38-19-20-9-11-23(33)12-10-20/h3-17,30H,2,19,35H2,1H3. The van der Waals surface area contributed by atoms with Gasteiger partial charge in [0, 0.05) is 11.6 Å². The third-order valence-electron chi connectivity index (χ3n) is 6.29. The molecule has 0 radical (unpaired) electrons. The number of carbonyl (C=O) groups is 1. The van der Waals surface area contributed by atoms with Gasteiger partial charge in [0.15, 0.2) is 0 Å². The summed E-state index contributed by atoms with van der Waals surface area (Å²) in [4.78, 5) is 12.8. The minimum Gasteiger partial charge on any atom is -0.494 e. The van der Waals surface area contributed by atoms with E-state index in [4.69, 9.17) is 24.7 Å². The molecule has 0 fully saturated rings. The normalized spacial score (nSPS) is 14.0. The van der Waals surface area contributed by atoms with Crippen molar-refractivity contribution in [3.05, 3.63) is 131 Å². The monoisotopic (exact) mass is 536 g/mol. The van der Waals surface area contributed by atoms with Crippen LogP contribution in [0.2, 0.25) is 0 Å². The van der Waals surface area contributed by atoms with Gasteiger partial charge in [-0.2, -0.15) is 5.26 Å². The lowest BCUT2D eigenvalue weighted by Gasteiger charge is -2.27. The van der Waals surface area contributed by atoms with Crippen molar-refractivity contribution in [3.63, 3.8) is 0 Å². The highest BCUT2D eigenvalue weighted by atomic mass is 19.1. The Morgan fingerprint density at radius 1 is 0.950 bits per heavy atom. The van der Waals surface area contributed by atoms with Crippen molar-refractivity contribution in [3.8, 4) is 29.1 Å². The number of benzene rings is 4. The molecule has 0 aromatic heterocycles. The van der Waals surface area contributed by atoms with E-state index in [1.54, 1.807) is 60.7 Å². The number of rotatable bonds is 8. The van der Waals surface area contributed by atoms with Gasteiger partial charge in [0.05, 0.1) is 18.1 Å². The van der Waals surface area contributed by atoms with E-state index in [2.05, 4.69) is 6.07 Å². The Hall–Kier alpha value is -5.29. The van der Waals surface area contributed by atoms with Crippen LogP contribution in [0.4, 0.5) is 4.39 Å². The molecule has 0 saturated carbocycles. The lowest BCUT2D eigenvalue weighted by molar-refractivity contribution is 0.0734. The van der Waals surface area contributed by atoms with Crippen LogP contribution >= 0.6 is 0 Å². The van der Waals surface area contributed by atoms with Gasteiger partial charge >= 0.3 is 5.97 Å². The predicted molar refractivity (Wildman–Crippen MR) is 145 cm³/mol. The summed E-state index contributed by atoms with van der Waals surface area (Å²) in [5.41, 5.74) is 9.00. The second kappa shape index (κ2) is 11.6. The summed E-state index contributed by atoms with van der Waals surface area (Å²) in [5.74, 6) is 0.333. The summed E-state index contributed by atoms with van der Waals surface area (Å²) in [6.07, 6.45) is 0. The summed E-state index contributed by atoms with van der Waals surface area (Å²) in [6, 6.07) is 27.3. The molecule has 4 aromatic rings. The minimum absolute atomic E-state index is 0.0366. The average Bonchev–Trinajstić information content (AvgIpc) is 2.96. The minimum atomic E-state index is -0.555. The molecule has 1 heterocycles. The Balaban J connectivity index is 1.40. The molecular weight excluding hydrogens is 511 g/mol. The highest BCUT2D eigenvalue weighted by Crippen LogP contribution is 2.44. The number of fused-ring (bicyclic) bond motifs is 1. The molecule has 8 heteroatoms. The Morgan fingerprint density at radius 2 is 1.70 bits per heavy atom. The van der Waals surface area contributed by atoms with E-state index >= 15 is 0 Å². The number of esters is 1. The van der Waals surface area contributed by atoms with E-state index in [1.807, 2.05) is 25.1 Å². The molecule has 0 amide bonds. The maximum Gasteiger partial charge on any atom is 0.343 e. The average molecular weight is 537 g/mol. The highest BCUT2D eigenvalue weighted by molar-refractivity contribution is 5.91. The van der Waals surface area contributed by atoms with Crippen molar-refractivity contribution in [1.82, 2.24) is 0 Å². The number of hydrogen-bond acceptors (Lipinski definition) is 7. The van der Waals surface area contributed by atoms with Gasteiger partial charge in [-0.15, -0.1) is 0 Å². The molecule has 0 bridgehead atoms. The largest absolute Gasteiger partial charge is 0.494 e. The van der Waals surface area contributed by atoms with E-state index in [1.165, 1.54) is 12.1 Å². The van der Waals surface area contributed by atoms with Crippen LogP contribution in [0, 0.1) is 17.1 Å². The lowest BCUT2D eigenvalue weighted by atomic mass is 9.83. The van der Waals surface area contributed by atoms with E-state index in [0.29, 0.717) is 35.0 Å². The first-order chi connectivity index (χ1) is 19.4. The van der Waals surface area contributed by atoms with E-state index < -0.39 is 11.9 Å². The van der Waals surface area contributed by atoms with Crippen molar-refractivity contribution in [2.45, 2.75) is 19.4 Å². The number of halogens is 1. The zero-order valence-electron chi connectivity index (χ0n) is 21.6. The third-order valence-corrected chi connectivity index (χ3v) is 6.29. The molecule has 4 aromatic carbocycles. The van der Waals surface area contributed by atoms with Gasteiger partial charge in [-0.1, -0.05) is 36.4 Å². The fourth-order valence-electron chi connectivity index (χ4n) is 4.42. The summed E-state index contributed by atoms with van der Waals surface area (Å²) in [7, 11) is 0. The fourth-order valence-corrected chi connectivity index (χ4v) is 4.42. The zero-order chi connectivity index (χ0) is 28.1. The molecule has 1 aliphatic rings. The Morgan fingerprint density at radius 3 is 2.45 bits per heavy atom. The van der Waals surface area contributed by atoms with E-state index in [0.717, 1.165) is 11.1 Å². The second-order valence-electron chi connectivity index (χ2n) is 8.96. The molecule has 0 aliphatic carbocycles. The molecule has 7 nitrogen and oxygen atoms in total. The molecule has 200 valence electrons. The quantitative estimate of drug-likeness (QED) is 0.210. The second-order valence-corrected chi connectivity index (χ2v) is 8.96. The van der Waals surface area contributed by atoms with Crippen LogP contribution in [-0.2, 0) is 6.61 Å². The summed E-state index contributed by atoms with van der Waals surface area (Å²) >= 11 is 0. The summed E-state index contributed by atoms with van der Waals surface area (Å²) in [6.45, 7) is 2.59. The number of nitrogens with two attached hydrogens (primary N) is 1. The van der Waals surface area contributed by atoms with Crippen molar-refractivity contribution >= 4 is 5.97 Å². The van der Waals surface area contributed by atoms with Gasteiger partial charge < -0.3 is 24.7 Å². The smallest absolute Gasteiger partial charge is 0.343 e. The number of ether oxygens (including phenoxy) is 4. The maximum absolute atomic E-state index is 13.2. The third kappa shape index (κ3) is 5.74. The lowest BCUT2D eigenvalue weighted by Crippen LogP contribution is -2.21. The number of nitriles is 1. The SMILES string of the molecule is CCOc1cccc(C(=O)Oc2ccc3c(c2)OC(N)=C(C#N)C3c2cccc(OCc3ccc(F)cc3)c2)c1. The maximum atomic E-state index is 13.2. The van der Waals surface area contributed by atoms with Gasteiger partial charge in [0.1, 0.15) is 47.1 Å². The van der Waals surface area contributed by atoms with Gasteiger partial charge in [0.25, 0.3) is 0 Å². The first-order valence-corrected chi connectivity index (χ1v) is 12.6. The van der Waals surface area contributed by atoms with Crippen molar-refractivity contribution in [2.75, 3.05) is 6.61 Å². The number of nitrogens with zero attached hydrogens (tertiary/aromatic N) is 1. The van der Waals surface area contributed by atoms with Gasteiger partial charge in [-0.05, 0) is 66.6 Å². The first-order valence-electron chi connectivity index (χ1n) is 12.6. The zero-order valence-corrected chi connectivity index (χ0v) is 21.6. The number of allylic oxidation sites excluding steroid dienone is 1. The summed E-state index contributed by atoms with van der Waals surface area (Å²) < 4.78 is 36.0. The van der Waals surface area contributed by atoms with Crippen LogP contribution in [0.3, 0.4) is 0 Å². The molecule has 2 N–H and O–H groups in total. The van der Waals surface area contributed by atoms with E-state index in [9.17, 15) is 14.4 Å². The van der Waals surface area contributed by atoms with Crippen molar-refractivity contribution < 1.29 is 28.1 Å². The van der Waals surface area contributed by atoms with Crippen LogP contribution in [0.15, 0.2) is 102 Å². The predicted octanol–water partition coefficient (Wildman–Crippen LogP) is 6.24. The molecule has 1 aliphatic heterocycles. The van der Waals surface area contributed by atoms with Crippen LogP contribution in [-0.4, -0.2) is 12.6 Å². The summed E-state index contributed by atoms with van der Waals surface area (Å²) in [5, 5.41) is 9.91. The molecule has 0 saturated heterocycles. The van der Waals surface area contributed by atoms with Crippen molar-refractivity contribution in [2.24, 2.45) is 5.73 Å². The first kappa shape index (κ1) is 26.3. The molecule has 1 atom stereocenters. The molecule has 1 unspecified atom stereocenters. The van der Waals surface area contributed by atoms with Crippen molar-refractivity contribution in [1.29, 1.82) is 5.26 Å². The van der Waals surface area contributed by atoms with E-state index in [-0.39, 0.29) is 29.6 Å². The number of hydrogen-bond donors (Lipinski definition) is 1. The number of carbonyl (C=O) groups excluding carboxylic acids is 1. The topological polar surface area (TPSA) is 104 Å². The highest BCUT2D eigenvalue weighted by Gasteiger charge is 2.31. The Bertz CT molecular complexity index is 1630. The van der Waals surface area contributed by atoms with Crippen LogP contribution in [0.1, 0.15) is 39.9 Å². The van der Waals surface area contributed by atoms with Crippen LogP contribution < -0.4 is 24.7 Å². The Labute approximate surface area is 230 Å². The fraction of sp³-hybridized carbons (Fsp3) is 0.125. The molecule has 0 spiro atoms. The molecular formula is C32H25FN2O5. The van der Waals surface area contributed by atoms with Gasteiger partial charge in [0.2, 0.25) is 5.88 Å². The van der Waals surface area contributed by atoms with Gasteiger partial charge in [-0.3, -0.25) is 0 Å². The van der Waals surface area contributed by atoms with Crippen LogP contribution in [0.5, 0.6) is 23.0 Å². The molecule has 40 heavy (non-hydrogen) atoms. The van der Waals surface area contributed by atoms with Gasteiger partial charge in [-0.25, -0.2) is 9.18 Å². The molecule has 5 rings (SSSR count).